The van der Waals surface area contributed by atoms with E-state index >= 15 is 0 Å². The second-order valence-corrected chi connectivity index (χ2v) is 4.53. The number of hydrogen-bond donors (Lipinski definition) is 1. The molecule has 2 heterocycles. The third-order valence-corrected chi connectivity index (χ3v) is 3.20. The topological polar surface area (TPSA) is 64.3 Å². The van der Waals surface area contributed by atoms with Crippen LogP contribution in [0.4, 0.5) is 11.5 Å². The molecule has 1 aromatic carbocycles. The summed E-state index contributed by atoms with van der Waals surface area (Å²) in [5.41, 5.74) is 9.18. The molecule has 0 unspecified atom stereocenters. The summed E-state index contributed by atoms with van der Waals surface area (Å²) in [6.45, 7) is 4.21. The van der Waals surface area contributed by atoms with E-state index in [-0.39, 0.29) is 0 Å². The van der Waals surface area contributed by atoms with Gasteiger partial charge in [0.25, 0.3) is 0 Å². The van der Waals surface area contributed by atoms with Gasteiger partial charge >= 0.3 is 0 Å². The lowest BCUT2D eigenvalue weighted by molar-refractivity contribution is 0.326. The van der Waals surface area contributed by atoms with Gasteiger partial charge in [-0.1, -0.05) is 6.07 Å². The van der Waals surface area contributed by atoms with Crippen molar-refractivity contribution >= 4 is 11.5 Å². The third kappa shape index (κ3) is 2.31. The highest BCUT2D eigenvalue weighted by molar-refractivity contribution is 5.53. The van der Waals surface area contributed by atoms with Crippen molar-refractivity contribution in [3.63, 3.8) is 0 Å². The van der Waals surface area contributed by atoms with E-state index in [9.17, 15) is 0 Å². The van der Waals surface area contributed by atoms with Gasteiger partial charge in [0.2, 0.25) is 5.88 Å². The van der Waals surface area contributed by atoms with Gasteiger partial charge in [-0.15, -0.1) is 0 Å². The fourth-order valence-electron chi connectivity index (χ4n) is 2.31. The van der Waals surface area contributed by atoms with Crippen LogP contribution >= 0.6 is 0 Å². The summed E-state index contributed by atoms with van der Waals surface area (Å²) < 4.78 is 5.40. The second-order valence-electron chi connectivity index (χ2n) is 4.53. The molecule has 1 aliphatic rings. The van der Waals surface area contributed by atoms with Gasteiger partial charge in [0.05, 0.1) is 6.61 Å². The van der Waals surface area contributed by atoms with Crippen molar-refractivity contribution in [3.05, 3.63) is 41.7 Å². The molecule has 0 amide bonds. The van der Waals surface area contributed by atoms with Crippen molar-refractivity contribution in [2.75, 3.05) is 17.2 Å². The standard InChI is InChI=1S/C14H16N4O/c1-2-19-14-6-13(16-9-17-14)18-7-10-3-4-12(15)5-11(10)8-18/h3-6,9H,2,7-8,15H2,1H3. The number of ether oxygens (including phenoxy) is 1. The highest BCUT2D eigenvalue weighted by Crippen LogP contribution is 2.29. The van der Waals surface area contributed by atoms with Crippen LogP contribution in [0.3, 0.4) is 0 Å². The van der Waals surface area contributed by atoms with Crippen molar-refractivity contribution in [1.82, 2.24) is 9.97 Å². The Morgan fingerprint density at radius 3 is 2.89 bits per heavy atom. The van der Waals surface area contributed by atoms with Crippen LogP contribution in [-0.2, 0) is 13.1 Å². The number of benzene rings is 1. The molecule has 3 rings (SSSR count). The van der Waals surface area contributed by atoms with Gasteiger partial charge in [-0.2, -0.15) is 0 Å². The average Bonchev–Trinajstić information content (AvgIpc) is 2.82. The van der Waals surface area contributed by atoms with Crippen molar-refractivity contribution in [2.24, 2.45) is 0 Å². The first-order valence-corrected chi connectivity index (χ1v) is 6.33. The van der Waals surface area contributed by atoms with E-state index in [1.807, 2.05) is 25.1 Å². The summed E-state index contributed by atoms with van der Waals surface area (Å²) in [7, 11) is 0. The molecule has 98 valence electrons. The van der Waals surface area contributed by atoms with Gasteiger partial charge in [-0.25, -0.2) is 9.97 Å². The molecule has 5 nitrogen and oxygen atoms in total. The number of nitrogens with zero attached hydrogens (tertiary/aromatic N) is 3. The van der Waals surface area contributed by atoms with E-state index in [2.05, 4.69) is 20.9 Å². The van der Waals surface area contributed by atoms with Crippen LogP contribution in [0.25, 0.3) is 0 Å². The molecule has 0 radical (unpaired) electrons. The van der Waals surface area contributed by atoms with E-state index in [1.165, 1.54) is 17.5 Å². The zero-order valence-corrected chi connectivity index (χ0v) is 10.8. The molecule has 0 spiro atoms. The number of rotatable bonds is 3. The van der Waals surface area contributed by atoms with Crippen molar-refractivity contribution in [1.29, 1.82) is 0 Å². The average molecular weight is 256 g/mol. The summed E-state index contributed by atoms with van der Waals surface area (Å²) in [6, 6.07) is 7.92. The predicted molar refractivity (Wildman–Crippen MR) is 73.9 cm³/mol. The van der Waals surface area contributed by atoms with E-state index < -0.39 is 0 Å². The van der Waals surface area contributed by atoms with Gasteiger partial charge in [0.15, 0.2) is 0 Å². The van der Waals surface area contributed by atoms with E-state index in [0.29, 0.717) is 12.5 Å². The first kappa shape index (κ1) is 11.8. The lowest BCUT2D eigenvalue weighted by atomic mass is 10.1. The first-order chi connectivity index (χ1) is 9.26. The minimum absolute atomic E-state index is 0.604. The molecule has 0 saturated carbocycles. The molecule has 1 aromatic heterocycles. The molecule has 0 saturated heterocycles. The summed E-state index contributed by atoms with van der Waals surface area (Å²) in [4.78, 5) is 10.6. The molecule has 19 heavy (non-hydrogen) atoms. The normalized spacial score (nSPS) is 13.4. The Hall–Kier alpha value is -2.30. The van der Waals surface area contributed by atoms with Crippen LogP contribution in [0, 0.1) is 0 Å². The SMILES string of the molecule is CCOc1cc(N2Cc3ccc(N)cc3C2)ncn1. The molecule has 2 aromatic rings. The largest absolute Gasteiger partial charge is 0.478 e. The van der Waals surface area contributed by atoms with Crippen LogP contribution in [0.15, 0.2) is 30.6 Å². The summed E-state index contributed by atoms with van der Waals surface area (Å²) in [6.07, 6.45) is 1.54. The zero-order valence-electron chi connectivity index (χ0n) is 10.8. The Morgan fingerprint density at radius 1 is 1.21 bits per heavy atom. The van der Waals surface area contributed by atoms with Crippen LogP contribution in [-0.4, -0.2) is 16.6 Å². The molecule has 5 heteroatoms. The number of nitrogens with two attached hydrogens (primary N) is 1. The highest BCUT2D eigenvalue weighted by atomic mass is 16.5. The number of fused-ring (bicyclic) bond motifs is 1. The maximum absolute atomic E-state index is 5.81. The van der Waals surface area contributed by atoms with E-state index in [0.717, 1.165) is 24.6 Å². The van der Waals surface area contributed by atoms with Gasteiger partial charge in [-0.05, 0) is 30.2 Å². The monoisotopic (exact) mass is 256 g/mol. The fraction of sp³-hybridized carbons (Fsp3) is 0.286. The number of nitrogen functional groups attached to an aromatic ring is 1. The van der Waals surface area contributed by atoms with Gasteiger partial charge < -0.3 is 15.4 Å². The van der Waals surface area contributed by atoms with Crippen LogP contribution < -0.4 is 15.4 Å². The lowest BCUT2D eigenvalue weighted by Crippen LogP contribution is -2.16. The molecular weight excluding hydrogens is 240 g/mol. The van der Waals surface area contributed by atoms with Gasteiger partial charge in [0, 0.05) is 24.8 Å². The van der Waals surface area contributed by atoms with E-state index in [1.54, 1.807) is 0 Å². The number of anilines is 2. The Morgan fingerprint density at radius 2 is 2.05 bits per heavy atom. The maximum Gasteiger partial charge on any atom is 0.218 e. The Balaban J connectivity index is 1.84. The highest BCUT2D eigenvalue weighted by Gasteiger charge is 2.20. The molecular formula is C14H16N4O. The minimum Gasteiger partial charge on any atom is -0.478 e. The van der Waals surface area contributed by atoms with E-state index in [4.69, 9.17) is 10.5 Å². The Bertz CT molecular complexity index is 600. The van der Waals surface area contributed by atoms with Crippen molar-refractivity contribution < 1.29 is 4.74 Å². The minimum atomic E-state index is 0.604. The number of hydrogen-bond acceptors (Lipinski definition) is 5. The molecule has 0 atom stereocenters. The summed E-state index contributed by atoms with van der Waals surface area (Å²) >= 11 is 0. The summed E-state index contributed by atoms with van der Waals surface area (Å²) in [5, 5.41) is 0. The first-order valence-electron chi connectivity index (χ1n) is 6.33. The van der Waals surface area contributed by atoms with Gasteiger partial charge in [0.1, 0.15) is 12.1 Å². The third-order valence-electron chi connectivity index (χ3n) is 3.20. The Labute approximate surface area is 112 Å². The quantitative estimate of drug-likeness (QED) is 0.851. The molecule has 0 aliphatic carbocycles. The molecule has 0 bridgehead atoms. The molecule has 0 fully saturated rings. The number of aromatic nitrogens is 2. The van der Waals surface area contributed by atoms with Crippen LogP contribution in [0.2, 0.25) is 0 Å². The molecule has 1 aliphatic heterocycles. The van der Waals surface area contributed by atoms with Crippen molar-refractivity contribution in [2.45, 2.75) is 20.0 Å². The lowest BCUT2D eigenvalue weighted by Gasteiger charge is -2.16. The zero-order chi connectivity index (χ0) is 13.2. The Kier molecular flexibility index (Phi) is 2.95. The van der Waals surface area contributed by atoms with Crippen LogP contribution in [0.1, 0.15) is 18.1 Å². The van der Waals surface area contributed by atoms with Crippen molar-refractivity contribution in [3.8, 4) is 5.88 Å². The summed E-state index contributed by atoms with van der Waals surface area (Å²) in [5.74, 6) is 1.50. The smallest absolute Gasteiger partial charge is 0.218 e. The van der Waals surface area contributed by atoms with Crippen LogP contribution in [0.5, 0.6) is 5.88 Å². The predicted octanol–water partition coefficient (Wildman–Crippen LogP) is 1.98. The fourth-order valence-corrected chi connectivity index (χ4v) is 2.31. The molecule has 2 N–H and O–H groups in total. The maximum atomic E-state index is 5.81. The van der Waals surface area contributed by atoms with Gasteiger partial charge in [-0.3, -0.25) is 0 Å². The second kappa shape index (κ2) is 4.76.